The molecule has 5 nitrogen and oxygen atoms in total. The van der Waals surface area contributed by atoms with Gasteiger partial charge in [-0.25, -0.2) is 0 Å². The summed E-state index contributed by atoms with van der Waals surface area (Å²) in [5, 5.41) is 0. The molecule has 130 valence electrons. The summed E-state index contributed by atoms with van der Waals surface area (Å²) in [7, 11) is 0. The van der Waals surface area contributed by atoms with Gasteiger partial charge in [0.15, 0.2) is 0 Å². The van der Waals surface area contributed by atoms with Gasteiger partial charge in [0.25, 0.3) is 0 Å². The van der Waals surface area contributed by atoms with E-state index in [1.165, 1.54) is 0 Å². The van der Waals surface area contributed by atoms with Gasteiger partial charge in [0.05, 0.1) is 0 Å². The molecule has 2 N–H and O–H groups in total. The number of esters is 2. The Labute approximate surface area is 134 Å². The average Bonchev–Trinajstić information content (AvgIpc) is 2.33. The summed E-state index contributed by atoms with van der Waals surface area (Å²) in [6.45, 7) is 15.7. The maximum absolute atomic E-state index is 11.9. The summed E-state index contributed by atoms with van der Waals surface area (Å²) >= 11 is 0. The zero-order valence-electron chi connectivity index (χ0n) is 15.4. The monoisotopic (exact) mass is 315 g/mol. The normalized spacial score (nSPS) is 16.6. The maximum atomic E-state index is 11.9. The summed E-state index contributed by atoms with van der Waals surface area (Å²) in [6.07, 6.45) is -0.0885. The van der Waals surface area contributed by atoms with Gasteiger partial charge < -0.3 is 15.2 Å². The van der Waals surface area contributed by atoms with E-state index in [0.717, 1.165) is 0 Å². The number of nitrogens with two attached hydrogens (primary N) is 1. The lowest BCUT2D eigenvalue weighted by atomic mass is 9.90. The minimum absolute atomic E-state index is 0.112. The third-order valence-corrected chi connectivity index (χ3v) is 4.00. The van der Waals surface area contributed by atoms with Crippen LogP contribution in [0, 0.1) is 10.8 Å². The number of rotatable bonds is 6. The molecule has 0 aromatic carbocycles. The highest BCUT2D eigenvalue weighted by atomic mass is 16.5. The molecule has 0 aromatic heterocycles. The summed E-state index contributed by atoms with van der Waals surface area (Å²) in [6, 6.07) is -0.803. The van der Waals surface area contributed by atoms with Crippen molar-refractivity contribution < 1.29 is 19.1 Å². The highest BCUT2D eigenvalue weighted by Gasteiger charge is 2.27. The molecule has 0 saturated heterocycles. The second-order valence-corrected chi connectivity index (χ2v) is 8.09. The van der Waals surface area contributed by atoms with E-state index in [0.29, 0.717) is 0 Å². The first-order valence-electron chi connectivity index (χ1n) is 7.90. The molecule has 3 atom stereocenters. The number of hydrogen-bond donors (Lipinski definition) is 1. The SMILES string of the molecule is CC(OC(=O)CCC(N)C(=O)OC(C)C(C)(C)C)C(C)(C)C. The molecule has 0 bridgehead atoms. The Morgan fingerprint density at radius 1 is 0.909 bits per heavy atom. The minimum Gasteiger partial charge on any atom is -0.462 e. The van der Waals surface area contributed by atoms with Gasteiger partial charge in [0, 0.05) is 6.42 Å². The van der Waals surface area contributed by atoms with E-state index in [2.05, 4.69) is 0 Å². The molecule has 0 heterocycles. The molecule has 3 unspecified atom stereocenters. The van der Waals surface area contributed by atoms with Gasteiger partial charge in [-0.15, -0.1) is 0 Å². The molecule has 0 spiro atoms. The highest BCUT2D eigenvalue weighted by molar-refractivity contribution is 5.77. The van der Waals surface area contributed by atoms with Crippen LogP contribution in [0.2, 0.25) is 0 Å². The lowest BCUT2D eigenvalue weighted by Gasteiger charge is -2.28. The van der Waals surface area contributed by atoms with E-state index in [9.17, 15) is 9.59 Å². The standard InChI is InChI=1S/C17H33NO4/c1-11(16(3,4)5)21-14(19)10-9-13(18)15(20)22-12(2)17(6,7)8/h11-13H,9-10,18H2,1-8H3. The maximum Gasteiger partial charge on any atom is 0.323 e. The van der Waals surface area contributed by atoms with Crippen molar-refractivity contribution >= 4 is 11.9 Å². The Morgan fingerprint density at radius 3 is 1.73 bits per heavy atom. The third-order valence-electron chi connectivity index (χ3n) is 4.00. The second kappa shape index (κ2) is 7.95. The Balaban J connectivity index is 4.25. The number of carbonyl (C=O) groups is 2. The Hall–Kier alpha value is -1.10. The molecule has 0 radical (unpaired) electrons. The van der Waals surface area contributed by atoms with Crippen LogP contribution in [-0.4, -0.2) is 30.2 Å². The van der Waals surface area contributed by atoms with Crippen LogP contribution in [0.5, 0.6) is 0 Å². The second-order valence-electron chi connectivity index (χ2n) is 8.09. The van der Waals surface area contributed by atoms with Crippen molar-refractivity contribution in [3.8, 4) is 0 Å². The fraction of sp³-hybridized carbons (Fsp3) is 0.882. The Kier molecular flexibility index (Phi) is 7.55. The fourth-order valence-corrected chi connectivity index (χ4v) is 1.26. The number of hydrogen-bond acceptors (Lipinski definition) is 5. The summed E-state index contributed by atoms with van der Waals surface area (Å²) in [5.41, 5.74) is 5.54. The van der Waals surface area contributed by atoms with Crippen LogP contribution in [0.15, 0.2) is 0 Å². The van der Waals surface area contributed by atoms with Crippen LogP contribution < -0.4 is 5.73 Å². The van der Waals surface area contributed by atoms with E-state index in [1.807, 2.05) is 55.4 Å². The van der Waals surface area contributed by atoms with Crippen molar-refractivity contribution in [1.82, 2.24) is 0 Å². The van der Waals surface area contributed by atoms with Gasteiger partial charge in [0.1, 0.15) is 18.2 Å². The predicted octanol–water partition coefficient (Wildman–Crippen LogP) is 3.05. The molecule has 0 aliphatic rings. The summed E-state index contributed by atoms with van der Waals surface area (Å²) < 4.78 is 10.7. The number of carbonyl (C=O) groups excluding carboxylic acids is 2. The zero-order valence-corrected chi connectivity index (χ0v) is 15.4. The molecule has 22 heavy (non-hydrogen) atoms. The van der Waals surface area contributed by atoms with E-state index in [1.54, 1.807) is 0 Å². The van der Waals surface area contributed by atoms with Crippen molar-refractivity contribution in [2.24, 2.45) is 16.6 Å². The lowest BCUT2D eigenvalue weighted by Crippen LogP contribution is -2.38. The Morgan fingerprint density at radius 2 is 1.32 bits per heavy atom. The summed E-state index contributed by atoms with van der Waals surface area (Å²) in [4.78, 5) is 23.7. The van der Waals surface area contributed by atoms with Gasteiger partial charge in [-0.1, -0.05) is 41.5 Å². The lowest BCUT2D eigenvalue weighted by molar-refractivity contribution is -0.156. The first-order valence-corrected chi connectivity index (χ1v) is 7.90. The van der Waals surface area contributed by atoms with Gasteiger partial charge in [-0.3, -0.25) is 9.59 Å². The largest absolute Gasteiger partial charge is 0.462 e. The van der Waals surface area contributed by atoms with Crippen molar-refractivity contribution in [2.75, 3.05) is 0 Å². The van der Waals surface area contributed by atoms with Gasteiger partial charge in [0.2, 0.25) is 0 Å². The van der Waals surface area contributed by atoms with E-state index in [4.69, 9.17) is 15.2 Å². The van der Waals surface area contributed by atoms with Gasteiger partial charge in [-0.2, -0.15) is 0 Å². The molecule has 0 saturated carbocycles. The van der Waals surface area contributed by atoms with Gasteiger partial charge >= 0.3 is 11.9 Å². The minimum atomic E-state index is -0.803. The third kappa shape index (κ3) is 7.78. The number of ether oxygens (including phenoxy) is 2. The molecular weight excluding hydrogens is 282 g/mol. The molecular formula is C17H33NO4. The molecule has 0 fully saturated rings. The van der Waals surface area contributed by atoms with Crippen LogP contribution >= 0.6 is 0 Å². The van der Waals surface area contributed by atoms with E-state index in [-0.39, 0.29) is 41.8 Å². The first kappa shape index (κ1) is 20.9. The first-order chi connectivity index (χ1) is 9.75. The van der Waals surface area contributed by atoms with Crippen LogP contribution in [0.1, 0.15) is 68.2 Å². The summed E-state index contributed by atoms with van der Waals surface area (Å²) in [5.74, 6) is -0.811. The topological polar surface area (TPSA) is 78.6 Å². The fourth-order valence-electron chi connectivity index (χ4n) is 1.26. The molecule has 0 aromatic rings. The molecule has 0 rings (SSSR count). The molecule has 0 aliphatic heterocycles. The van der Waals surface area contributed by atoms with E-state index < -0.39 is 12.0 Å². The smallest absolute Gasteiger partial charge is 0.323 e. The van der Waals surface area contributed by atoms with Crippen LogP contribution in [0.3, 0.4) is 0 Å². The highest BCUT2D eigenvalue weighted by Crippen LogP contribution is 2.23. The molecule has 0 amide bonds. The predicted molar refractivity (Wildman–Crippen MR) is 87.2 cm³/mol. The average molecular weight is 315 g/mol. The zero-order chi connectivity index (χ0) is 17.7. The molecule has 0 aliphatic carbocycles. The molecule has 5 heteroatoms. The Bertz CT molecular complexity index is 379. The quantitative estimate of drug-likeness (QED) is 0.762. The van der Waals surface area contributed by atoms with Crippen LogP contribution in [0.4, 0.5) is 0 Å². The van der Waals surface area contributed by atoms with Crippen LogP contribution in [-0.2, 0) is 19.1 Å². The van der Waals surface area contributed by atoms with Crippen LogP contribution in [0.25, 0.3) is 0 Å². The van der Waals surface area contributed by atoms with Crippen molar-refractivity contribution in [2.45, 2.75) is 86.5 Å². The van der Waals surface area contributed by atoms with Crippen molar-refractivity contribution in [1.29, 1.82) is 0 Å². The van der Waals surface area contributed by atoms with Gasteiger partial charge in [-0.05, 0) is 31.1 Å². The van der Waals surface area contributed by atoms with Crippen molar-refractivity contribution in [3.63, 3.8) is 0 Å². The van der Waals surface area contributed by atoms with Crippen molar-refractivity contribution in [3.05, 3.63) is 0 Å². The van der Waals surface area contributed by atoms with E-state index >= 15 is 0 Å².